The Morgan fingerprint density at radius 3 is 2.56 bits per heavy atom. The Morgan fingerprint density at radius 2 is 1.93 bits per heavy atom. The van der Waals surface area contributed by atoms with Gasteiger partial charge in [0.15, 0.2) is 11.6 Å². The smallest absolute Gasteiger partial charge is 0.239 e. The Bertz CT molecular complexity index is 866. The molecule has 1 heterocycles. The molecule has 11 heteroatoms. The summed E-state index contributed by atoms with van der Waals surface area (Å²) in [5.41, 5.74) is 10.3. The number of aromatic nitrogens is 2. The molecule has 2 aromatic rings. The van der Waals surface area contributed by atoms with Crippen LogP contribution in [0.4, 0.5) is 24.9 Å². The van der Waals surface area contributed by atoms with Crippen molar-refractivity contribution in [2.24, 2.45) is 16.5 Å². The number of allylic oxidation sites excluding steroid dienone is 1. The van der Waals surface area contributed by atoms with Crippen molar-refractivity contribution in [2.45, 2.75) is 6.54 Å². The van der Waals surface area contributed by atoms with Gasteiger partial charge in [-0.05, 0) is 12.1 Å². The predicted molar refractivity (Wildman–Crippen MR) is 94.1 cm³/mol. The van der Waals surface area contributed by atoms with Crippen LogP contribution in [0.25, 0.3) is 0 Å². The molecule has 0 radical (unpaired) electrons. The van der Waals surface area contributed by atoms with E-state index in [1.165, 1.54) is 12.3 Å². The summed E-state index contributed by atoms with van der Waals surface area (Å²) in [5.74, 6) is -3.33. The number of nitrogens with zero attached hydrogens (tertiary/aromatic N) is 3. The van der Waals surface area contributed by atoms with Crippen molar-refractivity contribution in [2.75, 3.05) is 17.2 Å². The Labute approximate surface area is 152 Å². The van der Waals surface area contributed by atoms with E-state index in [4.69, 9.17) is 11.5 Å². The lowest BCUT2D eigenvalue weighted by Crippen LogP contribution is -2.15. The van der Waals surface area contributed by atoms with Crippen LogP contribution in [-0.2, 0) is 11.3 Å². The summed E-state index contributed by atoms with van der Waals surface area (Å²) in [7, 11) is 0. The van der Waals surface area contributed by atoms with Gasteiger partial charge in [0.25, 0.3) is 0 Å². The van der Waals surface area contributed by atoms with E-state index < -0.39 is 23.4 Å². The molecule has 0 aliphatic heterocycles. The highest BCUT2D eigenvalue weighted by atomic mass is 19.1. The molecule has 2 rings (SSSR count). The minimum Gasteiger partial charge on any atom is -0.403 e. The summed E-state index contributed by atoms with van der Waals surface area (Å²) >= 11 is 0. The number of benzene rings is 1. The summed E-state index contributed by atoms with van der Waals surface area (Å²) in [6.07, 6.45) is 3.21. The average molecular weight is 379 g/mol. The molecule has 0 saturated carbocycles. The summed E-state index contributed by atoms with van der Waals surface area (Å²) in [4.78, 5) is 22.0. The van der Waals surface area contributed by atoms with Crippen molar-refractivity contribution in [1.82, 2.24) is 9.97 Å². The van der Waals surface area contributed by atoms with Gasteiger partial charge >= 0.3 is 0 Å². The van der Waals surface area contributed by atoms with Gasteiger partial charge in [-0.3, -0.25) is 9.79 Å². The molecule has 0 spiro atoms. The number of aliphatic imine (C=N–C) groups is 1. The highest BCUT2D eigenvalue weighted by molar-refractivity contribution is 5.85. The van der Waals surface area contributed by atoms with E-state index in [2.05, 4.69) is 25.6 Å². The number of nitrogens with two attached hydrogens (primary N) is 2. The first-order chi connectivity index (χ1) is 12.9. The van der Waals surface area contributed by atoms with Crippen LogP contribution < -0.4 is 22.1 Å². The first kappa shape index (κ1) is 19.7. The normalized spacial score (nSPS) is 11.6. The van der Waals surface area contributed by atoms with Crippen molar-refractivity contribution >= 4 is 23.9 Å². The maximum Gasteiger partial charge on any atom is 0.239 e. The maximum absolute atomic E-state index is 13.9. The van der Waals surface area contributed by atoms with Gasteiger partial charge in [0, 0.05) is 24.5 Å². The van der Waals surface area contributed by atoms with Gasteiger partial charge in [0.1, 0.15) is 18.2 Å². The van der Waals surface area contributed by atoms with Crippen LogP contribution in [0.15, 0.2) is 41.3 Å². The molecule has 0 aliphatic rings. The second-order valence-corrected chi connectivity index (χ2v) is 5.13. The molecule has 1 amide bonds. The van der Waals surface area contributed by atoms with Gasteiger partial charge in [-0.1, -0.05) is 6.07 Å². The summed E-state index contributed by atoms with van der Waals surface area (Å²) in [5, 5.41) is 5.16. The van der Waals surface area contributed by atoms with Gasteiger partial charge in [-0.25, -0.2) is 18.2 Å². The lowest BCUT2D eigenvalue weighted by atomic mass is 10.2. The van der Waals surface area contributed by atoms with E-state index in [0.29, 0.717) is 0 Å². The van der Waals surface area contributed by atoms with Crippen LogP contribution in [0.2, 0.25) is 0 Å². The molecule has 1 aromatic carbocycles. The molecule has 27 heavy (non-hydrogen) atoms. The Balaban J connectivity index is 2.11. The summed E-state index contributed by atoms with van der Waals surface area (Å²) < 4.78 is 41.1. The lowest BCUT2D eigenvalue weighted by Gasteiger charge is -2.10. The molecule has 0 bridgehead atoms. The number of nitrogens with one attached hydrogen (secondary N) is 2. The van der Waals surface area contributed by atoms with Crippen molar-refractivity contribution < 1.29 is 18.0 Å². The van der Waals surface area contributed by atoms with Crippen LogP contribution in [0.5, 0.6) is 0 Å². The predicted octanol–water partition coefficient (Wildman–Crippen LogP) is 1.27. The molecule has 142 valence electrons. The minimum absolute atomic E-state index is 0.0601. The summed E-state index contributed by atoms with van der Waals surface area (Å²) in [6.45, 7) is -0.574. The molecule has 8 nitrogen and oxygen atoms in total. The number of hydrogen-bond acceptors (Lipinski definition) is 7. The molecule has 0 saturated heterocycles. The van der Waals surface area contributed by atoms with Crippen LogP contribution >= 0.6 is 0 Å². The number of anilines is 2. The Hall–Kier alpha value is -3.63. The standard InChI is InChI=1S/C16H16F3N7O/c17-11-2-1-3-12(18)10(11)6-23-15-13(19)7-24-16(26-15)25-9(4-20)5-22-8-14(21)27/h1-5,7H,6,8,20H2,(H2,21,27)(H2,23,24,25,26). The van der Waals surface area contributed by atoms with Gasteiger partial charge in [-0.15, -0.1) is 0 Å². The van der Waals surface area contributed by atoms with Crippen molar-refractivity contribution in [1.29, 1.82) is 0 Å². The van der Waals surface area contributed by atoms with E-state index in [-0.39, 0.29) is 36.1 Å². The minimum atomic E-state index is -0.821. The van der Waals surface area contributed by atoms with Crippen molar-refractivity contribution in [3.63, 3.8) is 0 Å². The molecule has 0 fully saturated rings. The fourth-order valence-corrected chi connectivity index (χ4v) is 1.90. The van der Waals surface area contributed by atoms with E-state index in [1.807, 2.05) is 0 Å². The average Bonchev–Trinajstić information content (AvgIpc) is 2.62. The Kier molecular flexibility index (Phi) is 6.69. The first-order valence-electron chi connectivity index (χ1n) is 7.57. The van der Waals surface area contributed by atoms with Gasteiger partial charge < -0.3 is 22.1 Å². The van der Waals surface area contributed by atoms with Crippen LogP contribution in [0.1, 0.15) is 5.56 Å². The monoisotopic (exact) mass is 379 g/mol. The zero-order valence-electron chi connectivity index (χ0n) is 13.9. The van der Waals surface area contributed by atoms with Gasteiger partial charge in [-0.2, -0.15) is 4.98 Å². The largest absolute Gasteiger partial charge is 0.403 e. The van der Waals surface area contributed by atoms with Crippen LogP contribution in [-0.4, -0.2) is 28.6 Å². The lowest BCUT2D eigenvalue weighted by molar-refractivity contribution is -0.116. The third kappa shape index (κ3) is 5.70. The van der Waals surface area contributed by atoms with Crippen molar-refractivity contribution in [3.8, 4) is 0 Å². The van der Waals surface area contributed by atoms with E-state index in [9.17, 15) is 18.0 Å². The topological polar surface area (TPSA) is 131 Å². The zero-order valence-corrected chi connectivity index (χ0v) is 13.9. The second-order valence-electron chi connectivity index (χ2n) is 5.13. The van der Waals surface area contributed by atoms with Crippen LogP contribution in [0, 0.1) is 17.5 Å². The number of hydrogen-bond donors (Lipinski definition) is 4. The zero-order chi connectivity index (χ0) is 19.8. The van der Waals surface area contributed by atoms with Gasteiger partial charge in [0.05, 0.1) is 11.9 Å². The molecule has 6 N–H and O–H groups in total. The Morgan fingerprint density at radius 1 is 1.22 bits per heavy atom. The first-order valence-corrected chi connectivity index (χ1v) is 7.57. The molecule has 0 unspecified atom stereocenters. The highest BCUT2D eigenvalue weighted by Crippen LogP contribution is 2.17. The number of carbonyl (C=O) groups excluding carboxylic acids is 1. The summed E-state index contributed by atoms with van der Waals surface area (Å²) in [6, 6.07) is 3.40. The van der Waals surface area contributed by atoms with E-state index in [0.717, 1.165) is 24.5 Å². The third-order valence-electron chi connectivity index (χ3n) is 3.15. The SMILES string of the molecule is NC=C(C=NCC(N)=O)Nc1ncc(F)c(NCc2c(F)cccc2F)n1. The number of amides is 1. The highest BCUT2D eigenvalue weighted by Gasteiger charge is 2.12. The van der Waals surface area contributed by atoms with E-state index in [1.54, 1.807) is 0 Å². The molecule has 1 aromatic heterocycles. The van der Waals surface area contributed by atoms with E-state index >= 15 is 0 Å². The van der Waals surface area contributed by atoms with Crippen molar-refractivity contribution in [3.05, 3.63) is 59.3 Å². The number of halogens is 3. The third-order valence-corrected chi connectivity index (χ3v) is 3.15. The fraction of sp³-hybridized carbons (Fsp3) is 0.125. The second kappa shape index (κ2) is 9.17. The molecular weight excluding hydrogens is 363 g/mol. The number of primary amides is 1. The molecule has 0 atom stereocenters. The number of rotatable bonds is 8. The van der Waals surface area contributed by atoms with Crippen LogP contribution in [0.3, 0.4) is 0 Å². The molecule has 0 aliphatic carbocycles. The number of carbonyl (C=O) groups is 1. The maximum atomic E-state index is 13.9. The fourth-order valence-electron chi connectivity index (χ4n) is 1.90. The quantitative estimate of drug-likeness (QED) is 0.511. The molecular formula is C16H16F3N7O. The van der Waals surface area contributed by atoms with Gasteiger partial charge in [0.2, 0.25) is 11.9 Å².